The van der Waals surface area contributed by atoms with Crippen molar-refractivity contribution in [2.24, 2.45) is 5.73 Å². The van der Waals surface area contributed by atoms with Crippen molar-refractivity contribution >= 4 is 5.97 Å². The minimum absolute atomic E-state index is 0.381. The molecule has 0 aliphatic rings. The third kappa shape index (κ3) is 3.25. The van der Waals surface area contributed by atoms with Gasteiger partial charge in [-0.05, 0) is 35.6 Å². The van der Waals surface area contributed by atoms with Crippen LogP contribution < -0.4 is 5.73 Å². The van der Waals surface area contributed by atoms with E-state index < -0.39 is 6.04 Å². The molecule has 2 aromatic rings. The Balaban J connectivity index is 2.15. The lowest BCUT2D eigenvalue weighted by molar-refractivity contribution is -0.142. The molecule has 2 N–H and O–H groups in total. The number of hydrogen-bond donors (Lipinski definition) is 1. The number of carbonyl (C=O) groups excluding carboxylic acids is 1. The van der Waals surface area contributed by atoms with Crippen molar-refractivity contribution in [1.82, 2.24) is 0 Å². The van der Waals surface area contributed by atoms with E-state index in [2.05, 4.69) is 35.9 Å². The Hall–Kier alpha value is -2.13. The maximum Gasteiger partial charge on any atom is 0.322 e. The van der Waals surface area contributed by atoms with E-state index in [4.69, 9.17) is 5.73 Å². The number of nitrogens with two attached hydrogens (primary N) is 1. The van der Waals surface area contributed by atoms with Gasteiger partial charge in [-0.1, -0.05) is 48.5 Å². The van der Waals surface area contributed by atoms with E-state index in [0.717, 1.165) is 5.56 Å². The molecule has 0 saturated heterocycles. The highest BCUT2D eigenvalue weighted by Crippen LogP contribution is 2.23. The van der Waals surface area contributed by atoms with E-state index in [1.54, 1.807) is 0 Å². The summed E-state index contributed by atoms with van der Waals surface area (Å²) in [5.41, 5.74) is 10.4. The molecule has 2 rings (SSSR count). The second kappa shape index (κ2) is 6.35. The number of ether oxygens (including phenoxy) is 1. The molecule has 0 amide bonds. The molecule has 0 spiro atoms. The third-order valence-electron chi connectivity index (χ3n) is 3.37. The zero-order valence-electron chi connectivity index (χ0n) is 11.8. The van der Waals surface area contributed by atoms with Crippen LogP contribution in [0.25, 0.3) is 11.1 Å². The van der Waals surface area contributed by atoms with Crippen LogP contribution in [0.3, 0.4) is 0 Å². The van der Waals surface area contributed by atoms with Gasteiger partial charge in [0, 0.05) is 0 Å². The number of rotatable bonds is 4. The van der Waals surface area contributed by atoms with Crippen molar-refractivity contribution in [3.05, 3.63) is 59.7 Å². The summed E-state index contributed by atoms with van der Waals surface area (Å²) in [6, 6.07) is 15.8. The van der Waals surface area contributed by atoms with Gasteiger partial charge >= 0.3 is 5.97 Å². The fourth-order valence-corrected chi connectivity index (χ4v) is 2.21. The van der Waals surface area contributed by atoms with Crippen molar-refractivity contribution in [2.75, 3.05) is 7.11 Å². The highest BCUT2D eigenvalue weighted by Gasteiger charge is 2.14. The zero-order chi connectivity index (χ0) is 14.5. The molecule has 0 aromatic heterocycles. The lowest BCUT2D eigenvalue weighted by Crippen LogP contribution is -2.33. The van der Waals surface area contributed by atoms with E-state index in [-0.39, 0.29) is 5.97 Å². The lowest BCUT2D eigenvalue weighted by Gasteiger charge is -2.10. The van der Waals surface area contributed by atoms with Crippen LogP contribution >= 0.6 is 0 Å². The lowest BCUT2D eigenvalue weighted by atomic mass is 9.98. The summed E-state index contributed by atoms with van der Waals surface area (Å²) in [6.07, 6.45) is 0.487. The maximum absolute atomic E-state index is 11.3. The summed E-state index contributed by atoms with van der Waals surface area (Å²) in [6.45, 7) is 2.09. The topological polar surface area (TPSA) is 52.3 Å². The van der Waals surface area contributed by atoms with Crippen molar-refractivity contribution in [1.29, 1.82) is 0 Å². The molecule has 1 unspecified atom stereocenters. The Morgan fingerprint density at radius 3 is 2.40 bits per heavy atom. The minimum Gasteiger partial charge on any atom is -0.468 e. The number of aryl methyl sites for hydroxylation is 1. The first-order chi connectivity index (χ1) is 9.61. The zero-order valence-corrected chi connectivity index (χ0v) is 11.8. The summed E-state index contributed by atoms with van der Waals surface area (Å²) < 4.78 is 4.63. The molecule has 0 saturated carbocycles. The van der Waals surface area contributed by atoms with Crippen molar-refractivity contribution in [3.8, 4) is 11.1 Å². The van der Waals surface area contributed by atoms with Crippen LogP contribution in [0, 0.1) is 6.92 Å². The third-order valence-corrected chi connectivity index (χ3v) is 3.37. The molecule has 0 bridgehead atoms. The molecule has 0 heterocycles. The van der Waals surface area contributed by atoms with Crippen LogP contribution in [-0.2, 0) is 16.0 Å². The molecular weight excluding hydrogens is 250 g/mol. The number of esters is 1. The molecule has 0 radical (unpaired) electrons. The molecule has 3 heteroatoms. The molecule has 3 nitrogen and oxygen atoms in total. The Morgan fingerprint density at radius 2 is 1.80 bits per heavy atom. The van der Waals surface area contributed by atoms with E-state index in [1.807, 2.05) is 24.3 Å². The summed E-state index contributed by atoms with van der Waals surface area (Å²) in [5, 5.41) is 0. The normalized spacial score (nSPS) is 11.9. The maximum atomic E-state index is 11.3. The Morgan fingerprint density at radius 1 is 1.15 bits per heavy atom. The predicted octanol–water partition coefficient (Wildman–Crippen LogP) is 2.70. The fourth-order valence-electron chi connectivity index (χ4n) is 2.21. The number of methoxy groups -OCH3 is 1. The number of benzene rings is 2. The van der Waals surface area contributed by atoms with E-state index in [0.29, 0.717) is 6.42 Å². The van der Waals surface area contributed by atoms with E-state index in [9.17, 15) is 4.79 Å². The summed E-state index contributed by atoms with van der Waals surface area (Å²) in [5.74, 6) is -0.381. The van der Waals surface area contributed by atoms with Crippen LogP contribution in [-0.4, -0.2) is 19.1 Å². The second-order valence-electron chi connectivity index (χ2n) is 4.85. The first-order valence-electron chi connectivity index (χ1n) is 6.60. The van der Waals surface area contributed by atoms with Crippen LogP contribution in [0.15, 0.2) is 48.5 Å². The van der Waals surface area contributed by atoms with Gasteiger partial charge in [-0.25, -0.2) is 0 Å². The predicted molar refractivity (Wildman–Crippen MR) is 80.3 cm³/mol. The Kier molecular flexibility index (Phi) is 4.53. The van der Waals surface area contributed by atoms with Crippen LogP contribution in [0.2, 0.25) is 0 Å². The first kappa shape index (κ1) is 14.3. The Labute approximate surface area is 119 Å². The second-order valence-corrected chi connectivity index (χ2v) is 4.85. The first-order valence-corrected chi connectivity index (χ1v) is 6.60. The number of hydrogen-bond acceptors (Lipinski definition) is 3. The average Bonchev–Trinajstić information content (AvgIpc) is 2.48. The molecule has 20 heavy (non-hydrogen) atoms. The van der Waals surface area contributed by atoms with Gasteiger partial charge in [0.1, 0.15) is 6.04 Å². The molecule has 1 atom stereocenters. The Bertz CT molecular complexity index is 590. The smallest absolute Gasteiger partial charge is 0.322 e. The molecule has 0 fully saturated rings. The standard InChI is InChI=1S/C17H19NO2/c1-12-5-3-4-6-15(12)14-9-7-13(8-10-14)11-16(18)17(19)20-2/h3-10,16H,11,18H2,1-2H3. The highest BCUT2D eigenvalue weighted by molar-refractivity contribution is 5.75. The molecule has 0 aliphatic carbocycles. The average molecular weight is 269 g/mol. The van der Waals surface area contributed by atoms with E-state index >= 15 is 0 Å². The summed E-state index contributed by atoms with van der Waals surface area (Å²) >= 11 is 0. The number of carbonyl (C=O) groups is 1. The van der Waals surface area contributed by atoms with Crippen molar-refractivity contribution in [3.63, 3.8) is 0 Å². The SMILES string of the molecule is COC(=O)C(N)Cc1ccc(-c2ccccc2C)cc1. The van der Waals surface area contributed by atoms with Gasteiger partial charge in [0.25, 0.3) is 0 Å². The van der Waals surface area contributed by atoms with E-state index in [1.165, 1.54) is 23.8 Å². The van der Waals surface area contributed by atoms with Gasteiger partial charge in [0.05, 0.1) is 7.11 Å². The highest BCUT2D eigenvalue weighted by atomic mass is 16.5. The molecule has 104 valence electrons. The monoisotopic (exact) mass is 269 g/mol. The largest absolute Gasteiger partial charge is 0.468 e. The van der Waals surface area contributed by atoms with Gasteiger partial charge in [-0.15, -0.1) is 0 Å². The summed E-state index contributed by atoms with van der Waals surface area (Å²) in [7, 11) is 1.35. The minimum atomic E-state index is -0.607. The van der Waals surface area contributed by atoms with Gasteiger partial charge in [-0.3, -0.25) is 4.79 Å². The van der Waals surface area contributed by atoms with Crippen LogP contribution in [0.4, 0.5) is 0 Å². The molecule has 0 aliphatic heterocycles. The van der Waals surface area contributed by atoms with Gasteiger partial charge in [-0.2, -0.15) is 0 Å². The van der Waals surface area contributed by atoms with Gasteiger partial charge in [0.2, 0.25) is 0 Å². The van der Waals surface area contributed by atoms with Crippen LogP contribution in [0.1, 0.15) is 11.1 Å². The molecular formula is C17H19NO2. The molecule has 2 aromatic carbocycles. The fraction of sp³-hybridized carbons (Fsp3) is 0.235. The van der Waals surface area contributed by atoms with Crippen molar-refractivity contribution < 1.29 is 9.53 Å². The van der Waals surface area contributed by atoms with Crippen molar-refractivity contribution in [2.45, 2.75) is 19.4 Å². The van der Waals surface area contributed by atoms with Crippen LogP contribution in [0.5, 0.6) is 0 Å². The van der Waals surface area contributed by atoms with Gasteiger partial charge < -0.3 is 10.5 Å². The summed E-state index contributed by atoms with van der Waals surface area (Å²) in [4.78, 5) is 11.3. The quantitative estimate of drug-likeness (QED) is 0.868. The van der Waals surface area contributed by atoms with Gasteiger partial charge in [0.15, 0.2) is 0 Å².